The van der Waals surface area contributed by atoms with E-state index in [0.29, 0.717) is 23.4 Å². The Hall–Kier alpha value is -1.13. The second-order valence-corrected chi connectivity index (χ2v) is 12.5. The van der Waals surface area contributed by atoms with Crippen molar-refractivity contribution in [3.05, 3.63) is 23.8 Å². The van der Waals surface area contributed by atoms with Gasteiger partial charge in [0.1, 0.15) is 0 Å². The van der Waals surface area contributed by atoms with E-state index in [1.165, 1.54) is 44.9 Å². The third kappa shape index (κ3) is 4.11. The molecule has 0 aromatic carbocycles. The summed E-state index contributed by atoms with van der Waals surface area (Å²) in [4.78, 5) is 11.6. The first-order valence-corrected chi connectivity index (χ1v) is 14.1. The van der Waals surface area contributed by atoms with Gasteiger partial charge in [0.05, 0.1) is 19.8 Å². The fourth-order valence-corrected chi connectivity index (χ4v) is 9.25. The minimum absolute atomic E-state index is 0.209. The van der Waals surface area contributed by atoms with Crippen molar-refractivity contribution in [3.63, 3.8) is 0 Å². The van der Waals surface area contributed by atoms with Gasteiger partial charge in [0.15, 0.2) is 5.79 Å². The minimum atomic E-state index is -0.309. The molecule has 190 valence electrons. The predicted octanol–water partition coefficient (Wildman–Crippen LogP) is 6.84. The first-order chi connectivity index (χ1) is 16.3. The Kier molecular flexibility index (Phi) is 6.78. The molecule has 4 nitrogen and oxygen atoms in total. The molecular formula is C30H46O4. The molecule has 7 atom stereocenters. The van der Waals surface area contributed by atoms with Crippen LogP contribution in [0.1, 0.15) is 91.9 Å². The van der Waals surface area contributed by atoms with Crippen molar-refractivity contribution in [3.8, 4) is 0 Å². The van der Waals surface area contributed by atoms with Crippen LogP contribution >= 0.6 is 0 Å². The zero-order valence-electron chi connectivity index (χ0n) is 21.9. The molecule has 0 amide bonds. The average molecular weight is 471 g/mol. The van der Waals surface area contributed by atoms with E-state index in [-0.39, 0.29) is 11.8 Å². The minimum Gasteiger partial charge on any atom is -0.463 e. The summed E-state index contributed by atoms with van der Waals surface area (Å²) in [6.07, 6.45) is 18.5. The maximum atomic E-state index is 11.6. The summed E-state index contributed by atoms with van der Waals surface area (Å²) in [6, 6.07) is 0. The zero-order chi connectivity index (χ0) is 24.0. The number of rotatable bonds is 6. The molecule has 1 saturated heterocycles. The van der Waals surface area contributed by atoms with Gasteiger partial charge in [-0.25, -0.2) is 4.79 Å². The second kappa shape index (κ2) is 9.39. The van der Waals surface area contributed by atoms with Crippen molar-refractivity contribution >= 4 is 5.97 Å². The SMILES string of the molecule is CCOC(=O)/C=C/CC[C@@H](C)[C@H]1CC[C@H]2[C@@H]3CC=C4CC5(CC[C@]4(C)[C@H]3CC[C@]12C)OCCO5. The predicted molar refractivity (Wildman–Crippen MR) is 134 cm³/mol. The lowest BCUT2D eigenvalue weighted by molar-refractivity contribution is -0.185. The quantitative estimate of drug-likeness (QED) is 0.242. The molecule has 0 unspecified atom stereocenters. The summed E-state index contributed by atoms with van der Waals surface area (Å²) in [7, 11) is 0. The van der Waals surface area contributed by atoms with Gasteiger partial charge in [0, 0.05) is 18.9 Å². The number of carbonyl (C=O) groups excluding carboxylic acids is 1. The van der Waals surface area contributed by atoms with Crippen molar-refractivity contribution in [2.75, 3.05) is 19.8 Å². The molecule has 4 heteroatoms. The molecule has 0 aromatic heterocycles. The number of hydrogen-bond acceptors (Lipinski definition) is 4. The van der Waals surface area contributed by atoms with Crippen LogP contribution in [-0.2, 0) is 19.0 Å². The van der Waals surface area contributed by atoms with Crippen LogP contribution in [0.15, 0.2) is 23.8 Å². The molecule has 0 bridgehead atoms. The fraction of sp³-hybridized carbons (Fsp3) is 0.833. The van der Waals surface area contributed by atoms with E-state index in [9.17, 15) is 4.79 Å². The number of carbonyl (C=O) groups is 1. The van der Waals surface area contributed by atoms with Crippen LogP contribution in [0.4, 0.5) is 0 Å². The van der Waals surface area contributed by atoms with E-state index in [2.05, 4.69) is 26.8 Å². The molecule has 4 aliphatic carbocycles. The average Bonchev–Trinajstić information content (AvgIpc) is 3.41. The Morgan fingerprint density at radius 2 is 1.94 bits per heavy atom. The molecule has 5 rings (SSSR count). The van der Waals surface area contributed by atoms with Gasteiger partial charge in [0.25, 0.3) is 0 Å². The van der Waals surface area contributed by atoms with Crippen LogP contribution < -0.4 is 0 Å². The van der Waals surface area contributed by atoms with Crippen molar-refractivity contribution in [1.29, 1.82) is 0 Å². The first kappa shape index (κ1) is 24.6. The van der Waals surface area contributed by atoms with Gasteiger partial charge in [-0.05, 0) is 98.7 Å². The molecular weight excluding hydrogens is 424 g/mol. The Morgan fingerprint density at radius 1 is 1.15 bits per heavy atom. The van der Waals surface area contributed by atoms with Gasteiger partial charge < -0.3 is 14.2 Å². The fourth-order valence-electron chi connectivity index (χ4n) is 9.25. The monoisotopic (exact) mass is 470 g/mol. The Morgan fingerprint density at radius 3 is 2.71 bits per heavy atom. The Balaban J connectivity index is 1.25. The molecule has 0 aromatic rings. The van der Waals surface area contributed by atoms with E-state index < -0.39 is 0 Å². The van der Waals surface area contributed by atoms with E-state index in [0.717, 1.165) is 56.1 Å². The summed E-state index contributed by atoms with van der Waals surface area (Å²) in [6.45, 7) is 11.5. The van der Waals surface area contributed by atoms with Gasteiger partial charge in [-0.1, -0.05) is 38.5 Å². The van der Waals surface area contributed by atoms with Crippen LogP contribution in [0.5, 0.6) is 0 Å². The summed E-state index contributed by atoms with van der Waals surface area (Å²) in [5, 5.41) is 0. The van der Waals surface area contributed by atoms with Crippen molar-refractivity contribution in [1.82, 2.24) is 0 Å². The summed E-state index contributed by atoms with van der Waals surface area (Å²) < 4.78 is 17.2. The largest absolute Gasteiger partial charge is 0.463 e. The van der Waals surface area contributed by atoms with Gasteiger partial charge in [-0.3, -0.25) is 0 Å². The molecule has 0 radical (unpaired) electrons. The molecule has 0 N–H and O–H groups in total. The lowest BCUT2D eigenvalue weighted by Gasteiger charge is -2.59. The third-order valence-corrected chi connectivity index (χ3v) is 11.0. The van der Waals surface area contributed by atoms with E-state index in [4.69, 9.17) is 14.2 Å². The van der Waals surface area contributed by atoms with Crippen LogP contribution in [0, 0.1) is 40.4 Å². The number of ether oxygens (including phenoxy) is 3. The second-order valence-electron chi connectivity index (χ2n) is 12.5. The normalized spacial score (nSPS) is 41.6. The molecule has 1 aliphatic heterocycles. The molecule has 1 heterocycles. The maximum absolute atomic E-state index is 11.6. The van der Waals surface area contributed by atoms with E-state index in [1.54, 1.807) is 11.6 Å². The highest BCUT2D eigenvalue weighted by Crippen LogP contribution is 2.68. The number of allylic oxidation sites excluding steroid dienone is 2. The molecule has 3 saturated carbocycles. The Bertz CT molecular complexity index is 824. The van der Waals surface area contributed by atoms with Gasteiger partial charge in [0.2, 0.25) is 0 Å². The number of esters is 1. The summed E-state index contributed by atoms with van der Waals surface area (Å²) in [5.74, 6) is 3.52. The number of hydrogen-bond donors (Lipinski definition) is 0. The van der Waals surface area contributed by atoms with E-state index >= 15 is 0 Å². The lowest BCUT2D eigenvalue weighted by atomic mass is 9.46. The summed E-state index contributed by atoms with van der Waals surface area (Å²) >= 11 is 0. The standard InChI is InChI=1S/C30H46O4/c1-5-32-27(31)9-7-6-8-21(2)24-12-13-25-23-11-10-22-20-30(33-18-19-34-30)17-16-28(22,3)26(23)14-15-29(24,25)4/h7,9-10,21,23-26H,5-6,8,11-20H2,1-4H3/b9-7+/t21-,23+,24-,25+,26+,28+,29-/m1/s1. The van der Waals surface area contributed by atoms with Gasteiger partial charge >= 0.3 is 5.97 Å². The van der Waals surface area contributed by atoms with Crippen LogP contribution in [0.2, 0.25) is 0 Å². The maximum Gasteiger partial charge on any atom is 0.330 e. The molecule has 1 spiro atoms. The highest BCUT2D eigenvalue weighted by molar-refractivity contribution is 5.81. The molecule has 34 heavy (non-hydrogen) atoms. The molecule has 4 fully saturated rings. The first-order valence-electron chi connectivity index (χ1n) is 14.1. The number of fused-ring (bicyclic) bond motifs is 5. The van der Waals surface area contributed by atoms with Gasteiger partial charge in [-0.2, -0.15) is 0 Å². The van der Waals surface area contributed by atoms with E-state index in [1.807, 2.05) is 13.0 Å². The Labute approximate surface area is 206 Å². The van der Waals surface area contributed by atoms with Crippen LogP contribution in [0.3, 0.4) is 0 Å². The van der Waals surface area contributed by atoms with Crippen molar-refractivity contribution < 1.29 is 19.0 Å². The summed E-state index contributed by atoms with van der Waals surface area (Å²) in [5.41, 5.74) is 2.45. The smallest absolute Gasteiger partial charge is 0.330 e. The highest BCUT2D eigenvalue weighted by atomic mass is 16.7. The van der Waals surface area contributed by atoms with Crippen LogP contribution in [-0.4, -0.2) is 31.6 Å². The van der Waals surface area contributed by atoms with Gasteiger partial charge in [-0.15, -0.1) is 0 Å². The third-order valence-electron chi connectivity index (χ3n) is 11.0. The lowest BCUT2D eigenvalue weighted by Crippen LogP contribution is -2.52. The van der Waals surface area contributed by atoms with Crippen LogP contribution in [0.25, 0.3) is 0 Å². The highest BCUT2D eigenvalue weighted by Gasteiger charge is 2.60. The topological polar surface area (TPSA) is 44.8 Å². The van der Waals surface area contributed by atoms with Crippen molar-refractivity contribution in [2.24, 2.45) is 40.4 Å². The van der Waals surface area contributed by atoms with Crippen molar-refractivity contribution in [2.45, 2.75) is 97.7 Å². The molecule has 5 aliphatic rings. The zero-order valence-corrected chi connectivity index (χ0v) is 21.9.